The molecule has 0 aliphatic carbocycles. The summed E-state index contributed by atoms with van der Waals surface area (Å²) in [5, 5.41) is 3.74. The number of carbonyl (C=O) groups is 1. The Kier molecular flexibility index (Phi) is 3.37. The Hall–Kier alpha value is -2.23. The van der Waals surface area contributed by atoms with Crippen LogP contribution >= 0.6 is 0 Å². The summed E-state index contributed by atoms with van der Waals surface area (Å²) in [6.45, 7) is 4.55. The second-order valence-electron chi connectivity index (χ2n) is 4.50. The number of benzene rings is 1. The number of aromatic amines is 1. The van der Waals surface area contributed by atoms with E-state index in [4.69, 9.17) is 5.73 Å². The number of rotatable bonds is 3. The molecule has 4 heteroatoms. The van der Waals surface area contributed by atoms with Gasteiger partial charge in [0.25, 0.3) is 5.91 Å². The van der Waals surface area contributed by atoms with Crippen LogP contribution in [-0.4, -0.2) is 17.4 Å². The lowest BCUT2D eigenvalue weighted by Crippen LogP contribution is -2.23. The number of fused-ring (bicyclic) bond motifs is 1. The first-order valence-electron chi connectivity index (χ1n) is 5.86. The number of nitrogens with one attached hydrogen (secondary N) is 2. The molecule has 1 amide bonds. The molecule has 2 aromatic rings. The maximum atomic E-state index is 12.0. The first kappa shape index (κ1) is 12.2. The van der Waals surface area contributed by atoms with Gasteiger partial charge in [-0.15, -0.1) is 0 Å². The molecule has 1 heterocycles. The molecule has 0 spiro atoms. The molecule has 18 heavy (non-hydrogen) atoms. The summed E-state index contributed by atoms with van der Waals surface area (Å²) in [7, 11) is 0. The smallest absolute Gasteiger partial charge is 0.253 e. The van der Waals surface area contributed by atoms with Gasteiger partial charge >= 0.3 is 0 Å². The highest BCUT2D eigenvalue weighted by atomic mass is 16.1. The fourth-order valence-corrected chi connectivity index (χ4v) is 1.77. The van der Waals surface area contributed by atoms with Gasteiger partial charge in [-0.2, -0.15) is 0 Å². The van der Waals surface area contributed by atoms with Gasteiger partial charge < -0.3 is 16.0 Å². The number of carbonyl (C=O) groups excluding carboxylic acids is 1. The number of aromatic nitrogens is 1. The second kappa shape index (κ2) is 4.96. The van der Waals surface area contributed by atoms with E-state index < -0.39 is 0 Å². The SMILES string of the molecule is CC(C)=CCNC(=O)c1c[nH]c2cc(N)ccc12. The Morgan fingerprint density at radius 3 is 2.94 bits per heavy atom. The second-order valence-corrected chi connectivity index (χ2v) is 4.50. The van der Waals surface area contributed by atoms with Gasteiger partial charge in [-0.25, -0.2) is 0 Å². The highest BCUT2D eigenvalue weighted by molar-refractivity contribution is 6.07. The standard InChI is InChI=1S/C14H17N3O/c1-9(2)5-6-16-14(18)12-8-17-13-7-10(15)3-4-11(12)13/h3-5,7-8,17H,6,15H2,1-2H3,(H,16,18). The van der Waals surface area contributed by atoms with Crippen molar-refractivity contribution < 1.29 is 4.79 Å². The van der Waals surface area contributed by atoms with Crippen molar-refractivity contribution in [3.05, 3.63) is 41.6 Å². The third-order valence-electron chi connectivity index (χ3n) is 2.72. The van der Waals surface area contributed by atoms with Crippen molar-refractivity contribution in [2.75, 3.05) is 12.3 Å². The van der Waals surface area contributed by atoms with Crippen molar-refractivity contribution >= 4 is 22.5 Å². The summed E-state index contributed by atoms with van der Waals surface area (Å²) in [4.78, 5) is 15.0. The Balaban J connectivity index is 2.20. The zero-order valence-electron chi connectivity index (χ0n) is 10.6. The number of amides is 1. The molecule has 0 radical (unpaired) electrons. The number of nitrogen functional groups attached to an aromatic ring is 1. The predicted molar refractivity (Wildman–Crippen MR) is 74.5 cm³/mol. The molecule has 1 aromatic heterocycles. The lowest BCUT2D eigenvalue weighted by atomic mass is 10.1. The number of anilines is 1. The number of nitrogens with two attached hydrogens (primary N) is 1. The van der Waals surface area contributed by atoms with E-state index in [-0.39, 0.29) is 5.91 Å². The minimum atomic E-state index is -0.0801. The summed E-state index contributed by atoms with van der Waals surface area (Å²) >= 11 is 0. The van der Waals surface area contributed by atoms with Crippen molar-refractivity contribution in [3.63, 3.8) is 0 Å². The van der Waals surface area contributed by atoms with Gasteiger partial charge in [0, 0.05) is 29.3 Å². The Morgan fingerprint density at radius 2 is 2.22 bits per heavy atom. The molecule has 0 bridgehead atoms. The zero-order valence-corrected chi connectivity index (χ0v) is 10.6. The Morgan fingerprint density at radius 1 is 1.44 bits per heavy atom. The quantitative estimate of drug-likeness (QED) is 0.572. The van der Waals surface area contributed by atoms with E-state index >= 15 is 0 Å². The third-order valence-corrected chi connectivity index (χ3v) is 2.72. The van der Waals surface area contributed by atoms with E-state index in [0.717, 1.165) is 10.9 Å². The molecular weight excluding hydrogens is 226 g/mol. The van der Waals surface area contributed by atoms with Crippen LogP contribution in [0.3, 0.4) is 0 Å². The fraction of sp³-hybridized carbons (Fsp3) is 0.214. The van der Waals surface area contributed by atoms with Crippen molar-refractivity contribution in [1.82, 2.24) is 10.3 Å². The van der Waals surface area contributed by atoms with E-state index in [0.29, 0.717) is 17.8 Å². The highest BCUT2D eigenvalue weighted by Crippen LogP contribution is 2.20. The molecule has 0 fully saturated rings. The molecule has 0 aliphatic rings. The van der Waals surface area contributed by atoms with Crippen LogP contribution in [0, 0.1) is 0 Å². The van der Waals surface area contributed by atoms with E-state index in [1.54, 1.807) is 12.3 Å². The van der Waals surface area contributed by atoms with Gasteiger partial charge in [0.2, 0.25) is 0 Å². The molecule has 0 saturated heterocycles. The first-order valence-corrected chi connectivity index (χ1v) is 5.86. The summed E-state index contributed by atoms with van der Waals surface area (Å²) in [5.74, 6) is -0.0801. The summed E-state index contributed by atoms with van der Waals surface area (Å²) in [6, 6.07) is 5.47. The average molecular weight is 243 g/mol. The zero-order chi connectivity index (χ0) is 13.1. The lowest BCUT2D eigenvalue weighted by molar-refractivity contribution is 0.0959. The van der Waals surface area contributed by atoms with Crippen molar-refractivity contribution in [2.45, 2.75) is 13.8 Å². The van der Waals surface area contributed by atoms with Gasteiger partial charge in [-0.1, -0.05) is 11.6 Å². The highest BCUT2D eigenvalue weighted by Gasteiger charge is 2.10. The van der Waals surface area contributed by atoms with Crippen LogP contribution in [-0.2, 0) is 0 Å². The first-order chi connectivity index (χ1) is 8.58. The molecule has 2 rings (SSSR count). The minimum Gasteiger partial charge on any atom is -0.399 e. The summed E-state index contributed by atoms with van der Waals surface area (Å²) in [5.41, 5.74) is 9.08. The molecular formula is C14H17N3O. The summed E-state index contributed by atoms with van der Waals surface area (Å²) in [6.07, 6.45) is 3.69. The molecule has 1 aromatic carbocycles. The molecule has 0 unspecified atom stereocenters. The number of hydrogen-bond donors (Lipinski definition) is 3. The number of allylic oxidation sites excluding steroid dienone is 1. The van der Waals surface area contributed by atoms with Crippen LogP contribution in [0.5, 0.6) is 0 Å². The van der Waals surface area contributed by atoms with Gasteiger partial charge in [0.1, 0.15) is 0 Å². The van der Waals surface area contributed by atoms with Crippen LogP contribution < -0.4 is 11.1 Å². The topological polar surface area (TPSA) is 70.9 Å². The minimum absolute atomic E-state index is 0.0801. The van der Waals surface area contributed by atoms with E-state index in [2.05, 4.69) is 10.3 Å². The molecule has 94 valence electrons. The van der Waals surface area contributed by atoms with Crippen LogP contribution in [0.2, 0.25) is 0 Å². The van der Waals surface area contributed by atoms with Crippen molar-refractivity contribution in [2.24, 2.45) is 0 Å². The van der Waals surface area contributed by atoms with E-state index in [9.17, 15) is 4.79 Å². The van der Waals surface area contributed by atoms with E-state index in [1.165, 1.54) is 5.57 Å². The molecule has 0 saturated carbocycles. The number of hydrogen-bond acceptors (Lipinski definition) is 2. The molecule has 0 aliphatic heterocycles. The maximum Gasteiger partial charge on any atom is 0.253 e. The largest absolute Gasteiger partial charge is 0.399 e. The van der Waals surface area contributed by atoms with Gasteiger partial charge in [-0.3, -0.25) is 4.79 Å². The van der Waals surface area contributed by atoms with Gasteiger partial charge in [0.05, 0.1) is 5.56 Å². The molecule has 0 atom stereocenters. The fourth-order valence-electron chi connectivity index (χ4n) is 1.77. The van der Waals surface area contributed by atoms with Crippen molar-refractivity contribution in [1.29, 1.82) is 0 Å². The average Bonchev–Trinajstić information content (AvgIpc) is 2.71. The molecule has 4 N–H and O–H groups in total. The monoisotopic (exact) mass is 243 g/mol. The van der Waals surface area contributed by atoms with E-state index in [1.807, 2.05) is 32.1 Å². The maximum absolute atomic E-state index is 12.0. The third kappa shape index (κ3) is 2.53. The van der Waals surface area contributed by atoms with Crippen LogP contribution in [0.4, 0.5) is 5.69 Å². The summed E-state index contributed by atoms with van der Waals surface area (Å²) < 4.78 is 0. The van der Waals surface area contributed by atoms with Gasteiger partial charge in [0.15, 0.2) is 0 Å². The lowest BCUT2D eigenvalue weighted by Gasteiger charge is -2.01. The molecule has 4 nitrogen and oxygen atoms in total. The van der Waals surface area contributed by atoms with Crippen LogP contribution in [0.15, 0.2) is 36.0 Å². The van der Waals surface area contributed by atoms with Crippen molar-refractivity contribution in [3.8, 4) is 0 Å². The Labute approximate surface area is 106 Å². The number of H-pyrrole nitrogens is 1. The van der Waals surface area contributed by atoms with Crippen LogP contribution in [0.25, 0.3) is 10.9 Å². The normalized spacial score (nSPS) is 10.3. The van der Waals surface area contributed by atoms with Gasteiger partial charge in [-0.05, 0) is 32.0 Å². The Bertz CT molecular complexity index is 607. The predicted octanol–water partition coefficient (Wildman–Crippen LogP) is 2.45. The van der Waals surface area contributed by atoms with Crippen LogP contribution in [0.1, 0.15) is 24.2 Å².